The molecule has 0 aliphatic rings. The van der Waals surface area contributed by atoms with Gasteiger partial charge in [0.25, 0.3) is 0 Å². The van der Waals surface area contributed by atoms with Gasteiger partial charge in [-0.2, -0.15) is 0 Å². The van der Waals surface area contributed by atoms with Crippen LogP contribution in [0.5, 0.6) is 0 Å². The molecule has 1 aromatic heterocycles. The number of carbonyl (C=O) groups is 1. The number of aliphatic hydroxyl groups is 1. The normalized spacial score (nSPS) is 12.2. The summed E-state index contributed by atoms with van der Waals surface area (Å²) in [7, 11) is 1.21. The van der Waals surface area contributed by atoms with Gasteiger partial charge in [0.05, 0.1) is 25.8 Å². The van der Waals surface area contributed by atoms with Crippen molar-refractivity contribution < 1.29 is 19.0 Å². The number of aliphatic hydroxyl groups excluding tert-OH is 1. The summed E-state index contributed by atoms with van der Waals surface area (Å²) in [5.41, 5.74) is 0.0467. The molecule has 0 aromatic carbocycles. The van der Waals surface area contributed by atoms with Crippen molar-refractivity contribution in [3.8, 4) is 0 Å². The first-order valence-corrected chi connectivity index (χ1v) is 3.99. The van der Waals surface area contributed by atoms with E-state index in [1.165, 1.54) is 19.4 Å². The van der Waals surface area contributed by atoms with Crippen molar-refractivity contribution in [3.05, 3.63) is 29.8 Å². The van der Waals surface area contributed by atoms with Crippen LogP contribution in [0.15, 0.2) is 18.5 Å². The number of nitrogens with zero attached hydrogens (tertiary/aromatic N) is 1. The van der Waals surface area contributed by atoms with Crippen LogP contribution < -0.4 is 0 Å². The number of hydrogen-bond acceptors (Lipinski definition) is 4. The summed E-state index contributed by atoms with van der Waals surface area (Å²) in [5, 5.41) is 9.43. The van der Waals surface area contributed by atoms with Crippen molar-refractivity contribution in [1.82, 2.24) is 4.98 Å². The van der Waals surface area contributed by atoms with Crippen LogP contribution in [0, 0.1) is 5.82 Å². The third kappa shape index (κ3) is 2.50. The second kappa shape index (κ2) is 4.66. The minimum Gasteiger partial charge on any atom is -0.469 e. The maximum absolute atomic E-state index is 13.0. The SMILES string of the molecule is COC(=O)CC(O)c1ccncc1F. The van der Waals surface area contributed by atoms with E-state index < -0.39 is 17.9 Å². The van der Waals surface area contributed by atoms with Gasteiger partial charge >= 0.3 is 5.97 Å². The van der Waals surface area contributed by atoms with Gasteiger partial charge < -0.3 is 9.84 Å². The minimum atomic E-state index is -1.19. The zero-order chi connectivity index (χ0) is 10.6. The first-order chi connectivity index (χ1) is 6.65. The maximum Gasteiger partial charge on any atom is 0.308 e. The van der Waals surface area contributed by atoms with Crippen LogP contribution >= 0.6 is 0 Å². The Labute approximate surface area is 80.3 Å². The lowest BCUT2D eigenvalue weighted by molar-refractivity contribution is -0.142. The zero-order valence-corrected chi connectivity index (χ0v) is 7.61. The second-order valence-corrected chi connectivity index (χ2v) is 2.69. The number of carbonyl (C=O) groups excluding carboxylic acids is 1. The van der Waals surface area contributed by atoms with Gasteiger partial charge in [-0.05, 0) is 6.07 Å². The lowest BCUT2D eigenvalue weighted by Crippen LogP contribution is -2.09. The molecule has 0 saturated carbocycles. The quantitative estimate of drug-likeness (QED) is 0.732. The summed E-state index contributed by atoms with van der Waals surface area (Å²) in [6.07, 6.45) is 0.872. The number of halogens is 1. The molecule has 1 N–H and O–H groups in total. The van der Waals surface area contributed by atoms with Crippen LogP contribution in [-0.4, -0.2) is 23.2 Å². The highest BCUT2D eigenvalue weighted by molar-refractivity contribution is 5.70. The number of aromatic nitrogens is 1. The molecule has 0 saturated heterocycles. The largest absolute Gasteiger partial charge is 0.469 e. The van der Waals surface area contributed by atoms with E-state index >= 15 is 0 Å². The monoisotopic (exact) mass is 199 g/mol. The number of methoxy groups -OCH3 is 1. The third-order valence-electron chi connectivity index (χ3n) is 1.75. The molecule has 4 nitrogen and oxygen atoms in total. The Morgan fingerprint density at radius 3 is 3.07 bits per heavy atom. The number of esters is 1. The van der Waals surface area contributed by atoms with Gasteiger partial charge in [0, 0.05) is 11.8 Å². The van der Waals surface area contributed by atoms with E-state index in [4.69, 9.17) is 0 Å². The molecule has 5 heteroatoms. The Balaban J connectivity index is 2.74. The predicted molar refractivity (Wildman–Crippen MR) is 45.8 cm³/mol. The average Bonchev–Trinajstić information content (AvgIpc) is 2.18. The van der Waals surface area contributed by atoms with Crippen molar-refractivity contribution in [2.24, 2.45) is 0 Å². The fourth-order valence-electron chi connectivity index (χ4n) is 1.01. The van der Waals surface area contributed by atoms with Gasteiger partial charge in [-0.15, -0.1) is 0 Å². The van der Waals surface area contributed by atoms with Crippen molar-refractivity contribution in [2.75, 3.05) is 7.11 Å². The summed E-state index contributed by atoms with van der Waals surface area (Å²) in [4.78, 5) is 14.3. The maximum atomic E-state index is 13.0. The number of hydrogen-bond donors (Lipinski definition) is 1. The van der Waals surface area contributed by atoms with Crippen LogP contribution in [0.25, 0.3) is 0 Å². The Morgan fingerprint density at radius 2 is 2.50 bits per heavy atom. The molecule has 1 heterocycles. The van der Waals surface area contributed by atoms with Gasteiger partial charge in [0.2, 0.25) is 0 Å². The van der Waals surface area contributed by atoms with Crippen LogP contribution in [0.1, 0.15) is 18.1 Å². The zero-order valence-electron chi connectivity index (χ0n) is 7.61. The molecule has 0 aliphatic heterocycles. The fraction of sp³-hybridized carbons (Fsp3) is 0.333. The number of rotatable bonds is 3. The topological polar surface area (TPSA) is 59.4 Å². The molecular formula is C9H10FNO3. The van der Waals surface area contributed by atoms with E-state index in [0.29, 0.717) is 0 Å². The number of pyridine rings is 1. The lowest BCUT2D eigenvalue weighted by Gasteiger charge is -2.09. The molecule has 0 bridgehead atoms. The molecule has 76 valence electrons. The first kappa shape index (κ1) is 10.6. The molecular weight excluding hydrogens is 189 g/mol. The summed E-state index contributed by atoms with van der Waals surface area (Å²) in [5.74, 6) is -1.22. The standard InChI is InChI=1S/C9H10FNO3/c1-14-9(13)4-8(12)6-2-3-11-5-7(6)10/h2-3,5,8,12H,4H2,1H3. The van der Waals surface area contributed by atoms with Crippen LogP contribution in [-0.2, 0) is 9.53 Å². The molecule has 0 amide bonds. The summed E-state index contributed by atoms with van der Waals surface area (Å²) in [6.45, 7) is 0. The predicted octanol–water partition coefficient (Wildman–Crippen LogP) is 0.817. The summed E-state index contributed by atoms with van der Waals surface area (Å²) in [6, 6.07) is 1.32. The second-order valence-electron chi connectivity index (χ2n) is 2.69. The average molecular weight is 199 g/mol. The van der Waals surface area contributed by atoms with Gasteiger partial charge in [-0.3, -0.25) is 9.78 Å². The summed E-state index contributed by atoms with van der Waals surface area (Å²) < 4.78 is 17.4. The molecule has 0 aliphatic carbocycles. The minimum absolute atomic E-state index is 0.0467. The Hall–Kier alpha value is -1.49. The van der Waals surface area contributed by atoms with Gasteiger partial charge in [0.1, 0.15) is 5.82 Å². The van der Waals surface area contributed by atoms with Gasteiger partial charge in [-0.25, -0.2) is 4.39 Å². The first-order valence-electron chi connectivity index (χ1n) is 3.99. The third-order valence-corrected chi connectivity index (χ3v) is 1.75. The molecule has 0 spiro atoms. The highest BCUT2D eigenvalue weighted by atomic mass is 19.1. The lowest BCUT2D eigenvalue weighted by atomic mass is 10.1. The van der Waals surface area contributed by atoms with E-state index in [0.717, 1.165) is 6.20 Å². The molecule has 1 rings (SSSR count). The fourth-order valence-corrected chi connectivity index (χ4v) is 1.01. The van der Waals surface area contributed by atoms with Crippen LogP contribution in [0.2, 0.25) is 0 Å². The molecule has 1 atom stereocenters. The van der Waals surface area contributed by atoms with Crippen molar-refractivity contribution >= 4 is 5.97 Å². The summed E-state index contributed by atoms with van der Waals surface area (Å²) >= 11 is 0. The van der Waals surface area contributed by atoms with Gasteiger partial charge in [-0.1, -0.05) is 0 Å². The molecule has 1 aromatic rings. The Bertz CT molecular complexity index is 330. The van der Waals surface area contributed by atoms with Crippen LogP contribution in [0.3, 0.4) is 0 Å². The van der Waals surface area contributed by atoms with Crippen molar-refractivity contribution in [3.63, 3.8) is 0 Å². The van der Waals surface area contributed by atoms with Crippen molar-refractivity contribution in [1.29, 1.82) is 0 Å². The highest BCUT2D eigenvalue weighted by Crippen LogP contribution is 2.18. The molecule has 0 radical (unpaired) electrons. The Kier molecular flexibility index (Phi) is 3.53. The highest BCUT2D eigenvalue weighted by Gasteiger charge is 2.16. The van der Waals surface area contributed by atoms with Crippen LogP contribution in [0.4, 0.5) is 4.39 Å². The van der Waals surface area contributed by atoms with Crippen molar-refractivity contribution in [2.45, 2.75) is 12.5 Å². The van der Waals surface area contributed by atoms with Gasteiger partial charge in [0.15, 0.2) is 0 Å². The van der Waals surface area contributed by atoms with E-state index in [9.17, 15) is 14.3 Å². The smallest absolute Gasteiger partial charge is 0.308 e. The van der Waals surface area contributed by atoms with E-state index in [1.807, 2.05) is 0 Å². The number of ether oxygens (including phenoxy) is 1. The molecule has 14 heavy (non-hydrogen) atoms. The molecule has 0 fully saturated rings. The van der Waals surface area contributed by atoms with E-state index in [-0.39, 0.29) is 12.0 Å². The van der Waals surface area contributed by atoms with E-state index in [1.54, 1.807) is 0 Å². The Morgan fingerprint density at radius 1 is 1.79 bits per heavy atom. The van der Waals surface area contributed by atoms with E-state index in [2.05, 4.69) is 9.72 Å². The molecule has 1 unspecified atom stereocenters.